The molecule has 2 unspecified atom stereocenters. The summed E-state index contributed by atoms with van der Waals surface area (Å²) in [6.07, 6.45) is 0.869. The molecule has 0 spiro atoms. The molecule has 2 aromatic rings. The molecule has 8 nitrogen and oxygen atoms in total. The molecule has 0 aromatic heterocycles. The van der Waals surface area contributed by atoms with Crippen molar-refractivity contribution in [3.63, 3.8) is 0 Å². The van der Waals surface area contributed by atoms with Gasteiger partial charge < -0.3 is 11.1 Å². The molecular weight excluding hydrogens is 424 g/mol. The topological polar surface area (TPSA) is 131 Å². The van der Waals surface area contributed by atoms with E-state index >= 15 is 0 Å². The van der Waals surface area contributed by atoms with Gasteiger partial charge in [0, 0.05) is 4.90 Å². The Bertz CT molecular complexity index is 1190. The molecule has 2 atom stereocenters. The number of nitrogens with two attached hydrogens (primary N) is 1. The highest BCUT2D eigenvalue weighted by Gasteiger charge is 2.45. The third-order valence-electron chi connectivity index (χ3n) is 4.90. The van der Waals surface area contributed by atoms with Crippen LogP contribution in [-0.4, -0.2) is 43.9 Å². The summed E-state index contributed by atoms with van der Waals surface area (Å²) in [5.74, 6) is -0.885. The Morgan fingerprint density at radius 1 is 1.00 bits per heavy atom. The lowest BCUT2D eigenvalue weighted by Gasteiger charge is -2.33. The molecule has 2 aliphatic rings. The zero-order valence-corrected chi connectivity index (χ0v) is 17.5. The Hall–Kier alpha value is -3.11. The quantitative estimate of drug-likeness (QED) is 0.616. The van der Waals surface area contributed by atoms with Gasteiger partial charge in [0.2, 0.25) is 0 Å². The lowest BCUT2D eigenvalue weighted by atomic mass is 9.91. The number of urea groups is 1. The number of amidine groups is 1. The number of hydrogen-bond donors (Lipinski definition) is 3. The van der Waals surface area contributed by atoms with Crippen LogP contribution in [0.3, 0.4) is 0 Å². The maximum Gasteiger partial charge on any atom is 0.323 e. The Kier molecular flexibility index (Phi) is 5.12. The van der Waals surface area contributed by atoms with Crippen LogP contribution >= 0.6 is 11.8 Å². The molecule has 0 radical (unpaired) electrons. The van der Waals surface area contributed by atoms with Gasteiger partial charge in [-0.25, -0.2) is 18.2 Å². The molecule has 1 saturated heterocycles. The van der Waals surface area contributed by atoms with Crippen LogP contribution in [0.1, 0.15) is 5.56 Å². The molecule has 4 N–H and O–H groups in total. The normalized spacial score (nSPS) is 21.4. The van der Waals surface area contributed by atoms with Crippen LogP contribution in [0.4, 0.5) is 4.79 Å². The fourth-order valence-electron chi connectivity index (χ4n) is 3.54. The van der Waals surface area contributed by atoms with E-state index in [1.54, 1.807) is 30.3 Å². The van der Waals surface area contributed by atoms with Gasteiger partial charge in [-0.15, -0.1) is 11.8 Å². The molecule has 4 rings (SSSR count). The van der Waals surface area contributed by atoms with E-state index in [9.17, 15) is 18.0 Å². The highest BCUT2D eigenvalue weighted by atomic mass is 32.2. The zero-order chi connectivity index (χ0) is 21.5. The number of rotatable bonds is 4. The third kappa shape index (κ3) is 3.37. The van der Waals surface area contributed by atoms with Crippen LogP contribution in [0.25, 0.3) is 5.57 Å². The number of hydrogen-bond acceptors (Lipinski definition) is 7. The number of benzene rings is 2. The number of sulfone groups is 1. The summed E-state index contributed by atoms with van der Waals surface area (Å²) in [5, 5.41) is 3.32. The molecule has 30 heavy (non-hydrogen) atoms. The van der Waals surface area contributed by atoms with Gasteiger partial charge in [-0.1, -0.05) is 30.3 Å². The third-order valence-corrected chi connectivity index (χ3v) is 7.67. The average molecular weight is 443 g/mol. The number of fused-ring (bicyclic) bond motifs is 1. The summed E-state index contributed by atoms with van der Waals surface area (Å²) in [5.41, 5.74) is 6.92. The Balaban J connectivity index is 1.97. The highest BCUT2D eigenvalue weighted by molar-refractivity contribution is 7.98. The van der Waals surface area contributed by atoms with E-state index < -0.39 is 33.2 Å². The smallest absolute Gasteiger partial charge is 0.323 e. The number of amides is 3. The first-order valence-electron chi connectivity index (χ1n) is 8.95. The van der Waals surface area contributed by atoms with Crippen molar-refractivity contribution >= 4 is 44.9 Å². The second-order valence-electron chi connectivity index (χ2n) is 6.68. The van der Waals surface area contributed by atoms with Gasteiger partial charge in [-0.3, -0.25) is 10.1 Å². The van der Waals surface area contributed by atoms with Crippen molar-refractivity contribution in [3.8, 4) is 0 Å². The number of imide groups is 1. The Morgan fingerprint density at radius 3 is 2.30 bits per heavy atom. The minimum Gasteiger partial charge on any atom is -0.386 e. The first-order chi connectivity index (χ1) is 14.3. The largest absolute Gasteiger partial charge is 0.386 e. The number of carbonyl (C=O) groups is 2. The van der Waals surface area contributed by atoms with Gasteiger partial charge in [0.1, 0.15) is 11.1 Å². The standard InChI is InChI=1S/C20H18N4O4S2/c1-29-12-9-7-11(8-10-12)14-15-18(23-20(26)24-19(15)25)22-17(21)16(14)30(27,28)13-5-3-2-4-6-13/h2-10,16,18H,1H3,(H2,21,22)(H2,23,24,25,26). The average Bonchev–Trinajstić information content (AvgIpc) is 2.73. The fourth-order valence-corrected chi connectivity index (χ4v) is 5.71. The molecule has 0 saturated carbocycles. The van der Waals surface area contributed by atoms with E-state index in [0.717, 1.165) is 4.90 Å². The highest BCUT2D eigenvalue weighted by Crippen LogP contribution is 2.36. The van der Waals surface area contributed by atoms with E-state index in [-0.39, 0.29) is 21.9 Å². The summed E-state index contributed by atoms with van der Waals surface area (Å²) >= 11 is 1.53. The molecule has 3 amide bonds. The van der Waals surface area contributed by atoms with Gasteiger partial charge in [0.15, 0.2) is 16.0 Å². The number of nitrogens with zero attached hydrogens (tertiary/aromatic N) is 1. The Morgan fingerprint density at radius 2 is 1.67 bits per heavy atom. The van der Waals surface area contributed by atoms with Crippen LogP contribution in [0.15, 0.2) is 75.0 Å². The summed E-state index contributed by atoms with van der Waals surface area (Å²) in [6.45, 7) is 0. The van der Waals surface area contributed by atoms with Crippen molar-refractivity contribution in [1.29, 1.82) is 0 Å². The van der Waals surface area contributed by atoms with E-state index in [1.165, 1.54) is 23.9 Å². The van der Waals surface area contributed by atoms with E-state index in [1.807, 2.05) is 18.4 Å². The van der Waals surface area contributed by atoms with Crippen molar-refractivity contribution in [2.45, 2.75) is 21.2 Å². The van der Waals surface area contributed by atoms with Crippen LogP contribution in [0.2, 0.25) is 0 Å². The van der Waals surface area contributed by atoms with Gasteiger partial charge in [0.25, 0.3) is 5.91 Å². The predicted octanol–water partition coefficient (Wildman–Crippen LogP) is 1.54. The van der Waals surface area contributed by atoms with E-state index in [4.69, 9.17) is 5.73 Å². The number of dihydropyridines is 1. The Labute approximate surface area is 177 Å². The zero-order valence-electron chi connectivity index (χ0n) is 15.8. The van der Waals surface area contributed by atoms with Crippen LogP contribution < -0.4 is 16.4 Å². The van der Waals surface area contributed by atoms with E-state index in [2.05, 4.69) is 15.6 Å². The number of aliphatic imine (C=N–C) groups is 1. The monoisotopic (exact) mass is 442 g/mol. The SMILES string of the molecule is CSc1ccc(C2=C3C(=O)NC(=O)NC3N=C(N)C2S(=O)(=O)c2ccccc2)cc1. The van der Waals surface area contributed by atoms with Gasteiger partial charge in [0.05, 0.1) is 10.5 Å². The van der Waals surface area contributed by atoms with Crippen LogP contribution in [-0.2, 0) is 14.6 Å². The molecule has 0 bridgehead atoms. The molecular formula is C20H18N4O4S2. The molecule has 2 heterocycles. The molecule has 154 valence electrons. The lowest BCUT2D eigenvalue weighted by Crippen LogP contribution is -2.57. The van der Waals surface area contributed by atoms with Crippen molar-refractivity contribution in [1.82, 2.24) is 10.6 Å². The maximum absolute atomic E-state index is 13.5. The number of carbonyl (C=O) groups excluding carboxylic acids is 2. The van der Waals surface area contributed by atoms with E-state index in [0.29, 0.717) is 5.56 Å². The molecule has 2 aromatic carbocycles. The predicted molar refractivity (Wildman–Crippen MR) is 115 cm³/mol. The van der Waals surface area contributed by atoms with Crippen molar-refractivity contribution in [3.05, 3.63) is 65.7 Å². The number of thioether (sulfide) groups is 1. The maximum atomic E-state index is 13.5. The van der Waals surface area contributed by atoms with Crippen molar-refractivity contribution in [2.75, 3.05) is 6.26 Å². The minimum atomic E-state index is -4.02. The van der Waals surface area contributed by atoms with Gasteiger partial charge >= 0.3 is 6.03 Å². The minimum absolute atomic E-state index is 0.0604. The molecule has 0 aliphatic carbocycles. The van der Waals surface area contributed by atoms with Crippen molar-refractivity contribution < 1.29 is 18.0 Å². The second-order valence-corrected chi connectivity index (χ2v) is 9.59. The first kappa shape index (κ1) is 20.2. The first-order valence-corrected chi connectivity index (χ1v) is 11.7. The number of nitrogens with one attached hydrogen (secondary N) is 2. The summed E-state index contributed by atoms with van der Waals surface area (Å²) < 4.78 is 27.1. The van der Waals surface area contributed by atoms with Crippen LogP contribution in [0.5, 0.6) is 0 Å². The van der Waals surface area contributed by atoms with Gasteiger partial charge in [-0.05, 0) is 41.7 Å². The summed E-state index contributed by atoms with van der Waals surface area (Å²) in [7, 11) is -4.02. The molecule has 2 aliphatic heterocycles. The second kappa shape index (κ2) is 7.62. The molecule has 10 heteroatoms. The van der Waals surface area contributed by atoms with Crippen molar-refractivity contribution in [2.24, 2.45) is 10.7 Å². The molecule has 1 fully saturated rings. The summed E-state index contributed by atoms with van der Waals surface area (Å²) in [4.78, 5) is 29.7. The summed E-state index contributed by atoms with van der Waals surface area (Å²) in [6, 6.07) is 14.3. The van der Waals surface area contributed by atoms with Crippen LogP contribution in [0, 0.1) is 0 Å². The van der Waals surface area contributed by atoms with Gasteiger partial charge in [-0.2, -0.15) is 0 Å². The lowest BCUT2D eigenvalue weighted by molar-refractivity contribution is -0.117. The fraction of sp³-hybridized carbons (Fsp3) is 0.150.